The zero-order valence-corrected chi connectivity index (χ0v) is 12.2. The first-order chi connectivity index (χ1) is 10.6. The predicted molar refractivity (Wildman–Crippen MR) is 77.2 cm³/mol. The van der Waals surface area contributed by atoms with Crippen LogP contribution in [-0.4, -0.2) is 36.3 Å². The van der Waals surface area contributed by atoms with Crippen molar-refractivity contribution >= 4 is 17.5 Å². The Bertz CT molecular complexity index is 600. The minimum absolute atomic E-state index is 0.220. The second-order valence-electron chi connectivity index (χ2n) is 5.96. The van der Waals surface area contributed by atoms with E-state index in [-0.39, 0.29) is 5.69 Å². The highest BCUT2D eigenvalue weighted by Crippen LogP contribution is 2.27. The Hall–Kier alpha value is -1.98. The average molecular weight is 308 g/mol. The summed E-state index contributed by atoms with van der Waals surface area (Å²) in [5.41, 5.74) is 0.220. The van der Waals surface area contributed by atoms with E-state index in [2.05, 4.69) is 0 Å². The number of anilines is 1. The number of benzene rings is 1. The van der Waals surface area contributed by atoms with Crippen LogP contribution in [0.5, 0.6) is 0 Å². The van der Waals surface area contributed by atoms with Gasteiger partial charge in [0.05, 0.1) is 0 Å². The molecule has 2 aliphatic rings. The molecule has 1 aliphatic carbocycles. The molecule has 1 saturated heterocycles. The van der Waals surface area contributed by atoms with Crippen molar-refractivity contribution in [1.82, 2.24) is 4.90 Å². The summed E-state index contributed by atoms with van der Waals surface area (Å²) in [6.07, 6.45) is 4.57. The molecule has 0 spiro atoms. The third-order valence-electron chi connectivity index (χ3n) is 4.48. The van der Waals surface area contributed by atoms with Gasteiger partial charge in [-0.05, 0) is 30.9 Å². The van der Waals surface area contributed by atoms with Crippen LogP contribution in [0.4, 0.5) is 14.5 Å². The van der Waals surface area contributed by atoms with Crippen molar-refractivity contribution in [2.75, 3.05) is 24.5 Å². The number of carbonyl (C=O) groups is 2. The van der Waals surface area contributed by atoms with Crippen molar-refractivity contribution in [1.29, 1.82) is 0 Å². The summed E-state index contributed by atoms with van der Waals surface area (Å²) in [7, 11) is 0. The number of rotatable bonds is 3. The lowest BCUT2D eigenvalue weighted by Gasteiger charge is -2.35. The molecule has 2 amide bonds. The summed E-state index contributed by atoms with van der Waals surface area (Å²) >= 11 is 0. The molecule has 1 heterocycles. The largest absolute Gasteiger partial charge is 0.332 e. The summed E-state index contributed by atoms with van der Waals surface area (Å²) in [5.74, 6) is -2.74. The molecule has 118 valence electrons. The molecule has 2 fully saturated rings. The maximum Gasteiger partial charge on any atom is 0.316 e. The van der Waals surface area contributed by atoms with E-state index in [1.54, 1.807) is 4.90 Å². The molecule has 1 aromatic carbocycles. The van der Waals surface area contributed by atoms with E-state index in [1.165, 1.54) is 23.8 Å². The van der Waals surface area contributed by atoms with E-state index in [0.717, 1.165) is 25.0 Å². The second-order valence-corrected chi connectivity index (χ2v) is 5.96. The number of nitrogens with zero attached hydrogens (tertiary/aromatic N) is 2. The quantitative estimate of drug-likeness (QED) is 0.804. The van der Waals surface area contributed by atoms with Crippen LogP contribution in [0.3, 0.4) is 0 Å². The van der Waals surface area contributed by atoms with Gasteiger partial charge in [-0.25, -0.2) is 8.78 Å². The van der Waals surface area contributed by atoms with Gasteiger partial charge in [0.2, 0.25) is 0 Å². The molecule has 0 aromatic heterocycles. The van der Waals surface area contributed by atoms with Crippen LogP contribution in [0.1, 0.15) is 25.7 Å². The highest BCUT2D eigenvalue weighted by molar-refractivity contribution is 6.40. The van der Waals surface area contributed by atoms with Crippen molar-refractivity contribution in [3.63, 3.8) is 0 Å². The summed E-state index contributed by atoms with van der Waals surface area (Å²) in [6.45, 7) is 1.36. The van der Waals surface area contributed by atoms with Gasteiger partial charge in [0.25, 0.3) is 0 Å². The van der Waals surface area contributed by atoms with Gasteiger partial charge in [-0.15, -0.1) is 0 Å². The molecule has 0 N–H and O–H groups in total. The van der Waals surface area contributed by atoms with Crippen molar-refractivity contribution in [3.05, 3.63) is 29.8 Å². The van der Waals surface area contributed by atoms with Crippen LogP contribution in [0.2, 0.25) is 0 Å². The smallest absolute Gasteiger partial charge is 0.316 e. The van der Waals surface area contributed by atoms with Crippen LogP contribution >= 0.6 is 0 Å². The van der Waals surface area contributed by atoms with Crippen LogP contribution in [0.15, 0.2) is 18.2 Å². The number of hydrogen-bond acceptors (Lipinski definition) is 2. The first-order valence-electron chi connectivity index (χ1n) is 7.62. The maximum absolute atomic E-state index is 13.3. The first kappa shape index (κ1) is 14.9. The fraction of sp³-hybridized carbons (Fsp3) is 0.500. The van der Waals surface area contributed by atoms with Crippen molar-refractivity contribution in [2.45, 2.75) is 25.7 Å². The van der Waals surface area contributed by atoms with Gasteiger partial charge in [0.1, 0.15) is 0 Å². The number of halogens is 2. The molecule has 4 nitrogen and oxygen atoms in total. The Balaban J connectivity index is 1.71. The fourth-order valence-electron chi connectivity index (χ4n) is 3.25. The molecular weight excluding hydrogens is 290 g/mol. The molecule has 1 aromatic rings. The topological polar surface area (TPSA) is 40.6 Å². The average Bonchev–Trinajstić information content (AvgIpc) is 3.00. The molecule has 0 atom stereocenters. The van der Waals surface area contributed by atoms with E-state index in [0.29, 0.717) is 25.6 Å². The molecule has 0 bridgehead atoms. The monoisotopic (exact) mass is 308 g/mol. The molecule has 22 heavy (non-hydrogen) atoms. The van der Waals surface area contributed by atoms with Gasteiger partial charge in [-0.3, -0.25) is 9.59 Å². The molecule has 1 aliphatic heterocycles. The lowest BCUT2D eigenvalue weighted by molar-refractivity contribution is -0.146. The maximum atomic E-state index is 13.3. The fourth-order valence-corrected chi connectivity index (χ4v) is 3.25. The minimum Gasteiger partial charge on any atom is -0.332 e. The highest BCUT2D eigenvalue weighted by atomic mass is 19.2. The first-order valence-corrected chi connectivity index (χ1v) is 7.62. The summed E-state index contributed by atoms with van der Waals surface area (Å²) < 4.78 is 26.3. The Morgan fingerprint density at radius 2 is 1.73 bits per heavy atom. The SMILES string of the molecule is O=C1C(=O)N(c2ccc(F)c(F)c2)CCN1CC1CCCC1. The predicted octanol–water partition coefficient (Wildman–Crippen LogP) is 2.33. The van der Waals surface area contributed by atoms with Crippen LogP contribution in [0.25, 0.3) is 0 Å². The van der Waals surface area contributed by atoms with Crippen molar-refractivity contribution < 1.29 is 18.4 Å². The Morgan fingerprint density at radius 1 is 1.00 bits per heavy atom. The second kappa shape index (κ2) is 6.02. The third-order valence-corrected chi connectivity index (χ3v) is 4.48. The number of hydrogen-bond donors (Lipinski definition) is 0. The summed E-state index contributed by atoms with van der Waals surface area (Å²) in [5, 5.41) is 0. The lowest BCUT2D eigenvalue weighted by atomic mass is 10.1. The van der Waals surface area contributed by atoms with Gasteiger partial charge in [0, 0.05) is 31.4 Å². The van der Waals surface area contributed by atoms with Crippen molar-refractivity contribution in [3.8, 4) is 0 Å². The molecule has 3 rings (SSSR count). The Morgan fingerprint density at radius 3 is 2.41 bits per heavy atom. The van der Waals surface area contributed by atoms with Gasteiger partial charge in [-0.2, -0.15) is 0 Å². The highest BCUT2D eigenvalue weighted by Gasteiger charge is 2.35. The summed E-state index contributed by atoms with van der Waals surface area (Å²) in [4.78, 5) is 27.3. The molecule has 1 saturated carbocycles. The lowest BCUT2D eigenvalue weighted by Crippen LogP contribution is -2.55. The molecule has 6 heteroatoms. The standard InChI is InChI=1S/C16H18F2N2O2/c17-13-6-5-12(9-14(13)18)20-8-7-19(15(21)16(20)22)10-11-3-1-2-4-11/h5-6,9,11H,1-4,7-8,10H2. The number of piperazine rings is 1. The van der Waals surface area contributed by atoms with Gasteiger partial charge in [0.15, 0.2) is 11.6 Å². The number of amides is 2. The zero-order chi connectivity index (χ0) is 15.7. The zero-order valence-electron chi connectivity index (χ0n) is 12.2. The molecule has 0 radical (unpaired) electrons. The van der Waals surface area contributed by atoms with Crippen molar-refractivity contribution in [2.24, 2.45) is 5.92 Å². The normalized spacial score (nSPS) is 20.1. The minimum atomic E-state index is -1.02. The van der Waals surface area contributed by atoms with E-state index in [9.17, 15) is 18.4 Å². The van der Waals surface area contributed by atoms with Gasteiger partial charge in [-0.1, -0.05) is 12.8 Å². The third kappa shape index (κ3) is 2.82. The van der Waals surface area contributed by atoms with E-state index >= 15 is 0 Å². The van der Waals surface area contributed by atoms with Gasteiger partial charge < -0.3 is 9.80 Å². The summed E-state index contributed by atoms with van der Waals surface area (Å²) in [6, 6.07) is 3.23. The van der Waals surface area contributed by atoms with Crippen LogP contribution < -0.4 is 4.90 Å². The Labute approximate surface area is 127 Å². The molecule has 0 unspecified atom stereocenters. The Kier molecular flexibility index (Phi) is 4.09. The van der Waals surface area contributed by atoms with E-state index < -0.39 is 23.4 Å². The van der Waals surface area contributed by atoms with E-state index in [1.807, 2.05) is 0 Å². The van der Waals surface area contributed by atoms with Gasteiger partial charge >= 0.3 is 11.8 Å². The van der Waals surface area contributed by atoms with Crippen LogP contribution in [-0.2, 0) is 9.59 Å². The van der Waals surface area contributed by atoms with E-state index in [4.69, 9.17) is 0 Å². The number of carbonyl (C=O) groups excluding carboxylic acids is 2. The molecular formula is C16H18F2N2O2. The van der Waals surface area contributed by atoms with Crippen LogP contribution in [0, 0.1) is 17.6 Å².